The van der Waals surface area contributed by atoms with Crippen molar-refractivity contribution < 1.29 is 14.3 Å². The summed E-state index contributed by atoms with van der Waals surface area (Å²) in [4.78, 5) is 27.0. The number of hydrogen-bond acceptors (Lipinski definition) is 4. The lowest BCUT2D eigenvalue weighted by Crippen LogP contribution is -2.47. The van der Waals surface area contributed by atoms with Crippen molar-refractivity contribution >= 4 is 23.6 Å². The van der Waals surface area contributed by atoms with Crippen LogP contribution >= 0.6 is 0 Å². The Kier molecular flexibility index (Phi) is 6.99. The first-order valence-corrected chi connectivity index (χ1v) is 13.1. The number of hydrogen-bond donors (Lipinski definition) is 1. The maximum absolute atomic E-state index is 13.5. The molecule has 0 saturated heterocycles. The van der Waals surface area contributed by atoms with Crippen LogP contribution in [0.2, 0.25) is 0 Å². The van der Waals surface area contributed by atoms with Crippen molar-refractivity contribution in [2.75, 3.05) is 7.11 Å². The quantitative estimate of drug-likeness (QED) is 0.263. The first-order chi connectivity index (χ1) is 20.1. The Bertz CT molecular complexity index is 1760. The van der Waals surface area contributed by atoms with E-state index in [4.69, 9.17) is 9.84 Å². The molecule has 1 aliphatic rings. The fourth-order valence-electron chi connectivity index (χ4n) is 4.65. The van der Waals surface area contributed by atoms with Crippen LogP contribution in [0.25, 0.3) is 28.7 Å². The number of nitrogens with zero attached hydrogens (tertiary/aromatic N) is 3. The van der Waals surface area contributed by atoms with Gasteiger partial charge in [0.1, 0.15) is 5.75 Å². The van der Waals surface area contributed by atoms with Gasteiger partial charge in [0.05, 0.1) is 24.2 Å². The maximum Gasteiger partial charge on any atom is 0.277 e. The predicted octanol–water partition coefficient (Wildman–Crippen LogP) is 6.16. The molecule has 0 spiro atoms. The topological polar surface area (TPSA) is 76.5 Å². The van der Waals surface area contributed by atoms with E-state index in [2.05, 4.69) is 5.43 Å². The Morgan fingerprint density at radius 1 is 0.805 bits per heavy atom. The molecule has 7 nitrogen and oxygen atoms in total. The summed E-state index contributed by atoms with van der Waals surface area (Å²) in [6, 6.07) is 35.8. The minimum absolute atomic E-state index is 0.345. The van der Waals surface area contributed by atoms with E-state index in [9.17, 15) is 9.59 Å². The number of rotatable bonds is 6. The van der Waals surface area contributed by atoms with Gasteiger partial charge in [0, 0.05) is 34.0 Å². The number of benzene rings is 4. The molecule has 1 aliphatic heterocycles. The summed E-state index contributed by atoms with van der Waals surface area (Å²) >= 11 is 0. The molecule has 0 bridgehead atoms. The van der Waals surface area contributed by atoms with E-state index in [1.807, 2.05) is 97.2 Å². The van der Waals surface area contributed by atoms with Gasteiger partial charge in [-0.1, -0.05) is 66.7 Å². The highest BCUT2D eigenvalue weighted by Gasteiger charge is 2.29. The van der Waals surface area contributed by atoms with Gasteiger partial charge in [0.15, 0.2) is 0 Å². The second-order valence-corrected chi connectivity index (χ2v) is 9.38. The molecule has 1 N–H and O–H groups in total. The summed E-state index contributed by atoms with van der Waals surface area (Å²) in [6.45, 7) is 0. The number of carbonyl (C=O) groups excluding carboxylic acids is 2. The third-order valence-corrected chi connectivity index (χ3v) is 6.74. The van der Waals surface area contributed by atoms with Crippen LogP contribution in [0, 0.1) is 0 Å². The summed E-state index contributed by atoms with van der Waals surface area (Å²) in [6.07, 6.45) is 5.44. The van der Waals surface area contributed by atoms with Crippen LogP contribution in [0.1, 0.15) is 21.5 Å². The van der Waals surface area contributed by atoms with Crippen molar-refractivity contribution in [2.45, 2.75) is 0 Å². The molecule has 0 fully saturated rings. The molecule has 0 unspecified atom stereocenters. The molecule has 0 aliphatic carbocycles. The van der Waals surface area contributed by atoms with Crippen molar-refractivity contribution in [2.24, 2.45) is 0 Å². The van der Waals surface area contributed by atoms with Crippen LogP contribution < -0.4 is 10.2 Å². The molecule has 0 radical (unpaired) electrons. The lowest BCUT2D eigenvalue weighted by Gasteiger charge is -2.30. The molecule has 200 valence electrons. The molecule has 2 heterocycles. The van der Waals surface area contributed by atoms with Gasteiger partial charge in [-0.25, -0.2) is 9.69 Å². The zero-order valence-electron chi connectivity index (χ0n) is 22.3. The van der Waals surface area contributed by atoms with Gasteiger partial charge in [-0.3, -0.25) is 15.0 Å². The van der Waals surface area contributed by atoms with Crippen molar-refractivity contribution in [1.82, 2.24) is 20.2 Å². The predicted molar refractivity (Wildman–Crippen MR) is 159 cm³/mol. The number of ether oxygens (including phenoxy) is 1. The van der Waals surface area contributed by atoms with E-state index in [0.29, 0.717) is 22.6 Å². The molecule has 2 amide bonds. The average molecular weight is 539 g/mol. The summed E-state index contributed by atoms with van der Waals surface area (Å²) in [7, 11) is 1.60. The fourth-order valence-corrected chi connectivity index (χ4v) is 4.65. The van der Waals surface area contributed by atoms with Crippen molar-refractivity contribution in [3.05, 3.63) is 150 Å². The summed E-state index contributed by atoms with van der Waals surface area (Å²) < 4.78 is 7.12. The minimum Gasteiger partial charge on any atom is -0.497 e. The van der Waals surface area contributed by atoms with Gasteiger partial charge in [-0.05, 0) is 60.7 Å². The number of carbonyl (C=O) groups is 2. The second kappa shape index (κ2) is 11.2. The fraction of sp³-hybridized carbons (Fsp3) is 0.0294. The molecule has 41 heavy (non-hydrogen) atoms. The molecule has 1 aromatic heterocycles. The lowest BCUT2D eigenvalue weighted by atomic mass is 10.0. The summed E-state index contributed by atoms with van der Waals surface area (Å²) in [5.41, 5.74) is 8.24. The largest absolute Gasteiger partial charge is 0.497 e. The molecule has 7 heteroatoms. The molecule has 0 saturated carbocycles. The monoisotopic (exact) mass is 538 g/mol. The number of hydrazine groups is 1. The van der Waals surface area contributed by atoms with Crippen molar-refractivity contribution in [3.8, 4) is 22.7 Å². The van der Waals surface area contributed by atoms with E-state index in [1.54, 1.807) is 48.2 Å². The van der Waals surface area contributed by atoms with Gasteiger partial charge < -0.3 is 4.74 Å². The SMILES string of the molecule is COc1ccc(C2=C/C(=C\c3cn(-c4ccccc4)nc3-c3ccccc3)C(=O)NN2C(=O)c2ccccc2)cc1. The third kappa shape index (κ3) is 5.29. The highest BCUT2D eigenvalue weighted by molar-refractivity contribution is 6.10. The van der Waals surface area contributed by atoms with E-state index < -0.39 is 5.91 Å². The van der Waals surface area contributed by atoms with Crippen molar-refractivity contribution in [1.29, 1.82) is 0 Å². The number of methoxy groups -OCH3 is 1. The minimum atomic E-state index is -0.405. The van der Waals surface area contributed by atoms with Crippen LogP contribution in [0.4, 0.5) is 0 Å². The first kappa shape index (κ1) is 25.6. The second-order valence-electron chi connectivity index (χ2n) is 9.38. The molecular weight excluding hydrogens is 512 g/mol. The number of aromatic nitrogens is 2. The van der Waals surface area contributed by atoms with Crippen LogP contribution in [0.5, 0.6) is 5.75 Å². The van der Waals surface area contributed by atoms with Crippen molar-refractivity contribution in [3.63, 3.8) is 0 Å². The van der Waals surface area contributed by atoms with E-state index in [0.717, 1.165) is 28.1 Å². The van der Waals surface area contributed by atoms with Crippen LogP contribution in [0.3, 0.4) is 0 Å². The normalized spacial score (nSPS) is 14.0. The number of nitrogens with one attached hydrogen (secondary N) is 1. The van der Waals surface area contributed by atoms with Gasteiger partial charge >= 0.3 is 0 Å². The standard InChI is InChI=1S/C34H26N4O3/c1-41-30-19-17-24(18-20-30)31-22-27(33(39)36-38(31)34(40)26-13-7-3-8-14-26)21-28-23-37(29-15-9-4-10-16-29)35-32(28)25-11-5-2-6-12-25/h2-23H,1H3,(H,36,39)/b27-21+. The average Bonchev–Trinajstić information content (AvgIpc) is 3.46. The first-order valence-electron chi connectivity index (χ1n) is 13.1. The summed E-state index contributed by atoms with van der Waals surface area (Å²) in [5, 5.41) is 6.16. The highest BCUT2D eigenvalue weighted by atomic mass is 16.5. The maximum atomic E-state index is 13.5. The van der Waals surface area contributed by atoms with E-state index >= 15 is 0 Å². The molecular formula is C34H26N4O3. The number of para-hydroxylation sites is 1. The molecule has 5 aromatic rings. The van der Waals surface area contributed by atoms with Gasteiger partial charge in [0.2, 0.25) is 0 Å². The third-order valence-electron chi connectivity index (χ3n) is 6.74. The van der Waals surface area contributed by atoms with E-state index in [1.165, 1.54) is 5.01 Å². The Morgan fingerprint density at radius 2 is 1.44 bits per heavy atom. The zero-order valence-corrected chi connectivity index (χ0v) is 22.3. The van der Waals surface area contributed by atoms with E-state index in [-0.39, 0.29) is 5.91 Å². The van der Waals surface area contributed by atoms with Gasteiger partial charge in [-0.2, -0.15) is 5.10 Å². The smallest absolute Gasteiger partial charge is 0.277 e. The van der Waals surface area contributed by atoms with Gasteiger partial charge in [0.25, 0.3) is 11.8 Å². The van der Waals surface area contributed by atoms with Crippen LogP contribution in [-0.4, -0.2) is 33.7 Å². The highest BCUT2D eigenvalue weighted by Crippen LogP contribution is 2.30. The Balaban J connectivity index is 1.48. The lowest BCUT2D eigenvalue weighted by molar-refractivity contribution is -0.120. The Morgan fingerprint density at radius 3 is 2.10 bits per heavy atom. The zero-order chi connectivity index (χ0) is 28.2. The van der Waals surface area contributed by atoms with Crippen LogP contribution in [0.15, 0.2) is 133 Å². The molecule has 4 aromatic carbocycles. The molecule has 6 rings (SSSR count). The Labute approximate surface area is 237 Å². The Hall–Kier alpha value is -5.69. The van der Waals surface area contributed by atoms with Gasteiger partial charge in [-0.15, -0.1) is 0 Å². The molecule has 0 atom stereocenters. The van der Waals surface area contributed by atoms with Crippen LogP contribution in [-0.2, 0) is 4.79 Å². The number of amides is 2. The summed E-state index contributed by atoms with van der Waals surface area (Å²) in [5.74, 6) is -0.0633.